The van der Waals surface area contributed by atoms with Gasteiger partial charge in [0.1, 0.15) is 5.70 Å². The van der Waals surface area contributed by atoms with Crippen LogP contribution in [-0.2, 0) is 4.79 Å². The molecule has 1 atom stereocenters. The third kappa shape index (κ3) is 3.25. The first kappa shape index (κ1) is 18.1. The zero-order valence-corrected chi connectivity index (χ0v) is 16.4. The van der Waals surface area contributed by atoms with E-state index in [9.17, 15) is 4.79 Å². The molecule has 8 heteroatoms. The molecule has 0 fully saturated rings. The Labute approximate surface area is 170 Å². The summed E-state index contributed by atoms with van der Waals surface area (Å²) in [6.45, 7) is 3.70. The fourth-order valence-corrected chi connectivity index (χ4v) is 4.15. The highest BCUT2D eigenvalue weighted by Gasteiger charge is 2.36. The topological polar surface area (TPSA) is 57.1 Å². The van der Waals surface area contributed by atoms with Crippen molar-refractivity contribution in [1.82, 2.24) is 10.3 Å². The average molecular weight is 417 g/mol. The van der Waals surface area contributed by atoms with Gasteiger partial charge in [-0.3, -0.25) is 15.1 Å². The fourth-order valence-electron chi connectivity index (χ4n) is 2.98. The lowest BCUT2D eigenvalue weighted by atomic mass is 10.1. The molecule has 2 heterocycles. The van der Waals surface area contributed by atoms with E-state index in [-0.39, 0.29) is 5.91 Å². The summed E-state index contributed by atoms with van der Waals surface area (Å²) in [6, 6.07) is 12.7. The van der Waals surface area contributed by atoms with Crippen LogP contribution in [0.1, 0.15) is 11.7 Å². The lowest BCUT2D eigenvalue weighted by Crippen LogP contribution is -2.50. The Morgan fingerprint density at radius 1 is 1.19 bits per heavy atom. The summed E-state index contributed by atoms with van der Waals surface area (Å²) in [5.41, 5.74) is 1.03. The van der Waals surface area contributed by atoms with Crippen molar-refractivity contribution in [2.24, 2.45) is 10.1 Å². The van der Waals surface area contributed by atoms with Crippen LogP contribution in [0.2, 0.25) is 10.0 Å². The van der Waals surface area contributed by atoms with E-state index in [4.69, 9.17) is 28.2 Å². The molecular formula is C19H14Cl2N4OS. The molecule has 0 unspecified atom stereocenters. The lowest BCUT2D eigenvalue weighted by Gasteiger charge is -2.34. The maximum Gasteiger partial charge on any atom is 0.276 e. The van der Waals surface area contributed by atoms with Gasteiger partial charge in [0.25, 0.3) is 5.91 Å². The quantitative estimate of drug-likeness (QED) is 0.782. The summed E-state index contributed by atoms with van der Waals surface area (Å²) in [5.74, 6) is 0.375. The van der Waals surface area contributed by atoms with Crippen molar-refractivity contribution in [3.05, 3.63) is 81.3 Å². The second-order valence-corrected chi connectivity index (χ2v) is 7.63. The molecule has 0 saturated carbocycles. The first-order chi connectivity index (χ1) is 13.1. The number of rotatable bonds is 3. The Balaban J connectivity index is 1.96. The number of fused-ring (bicyclic) bond motifs is 2. The third-order valence-corrected chi connectivity index (χ3v) is 5.63. The minimum absolute atomic E-state index is 0.243. The molecule has 0 aromatic heterocycles. The van der Waals surface area contributed by atoms with Gasteiger partial charge in [-0.25, -0.2) is 5.01 Å². The number of hydrazone groups is 1. The molecule has 0 spiro atoms. The van der Waals surface area contributed by atoms with E-state index in [1.54, 1.807) is 29.3 Å². The van der Waals surface area contributed by atoms with Gasteiger partial charge in [0, 0.05) is 26.6 Å². The van der Waals surface area contributed by atoms with Crippen LogP contribution in [-0.4, -0.2) is 21.8 Å². The Hall–Kier alpha value is -2.28. The van der Waals surface area contributed by atoms with Gasteiger partial charge in [-0.2, -0.15) is 0 Å². The first-order valence-electron chi connectivity index (χ1n) is 8.14. The normalized spacial score (nSPS) is 18.1. The van der Waals surface area contributed by atoms with Gasteiger partial charge in [0.15, 0.2) is 11.3 Å². The highest BCUT2D eigenvalue weighted by molar-refractivity contribution is 8.14. The van der Waals surface area contributed by atoms with E-state index < -0.39 is 6.17 Å². The van der Waals surface area contributed by atoms with Crippen LogP contribution >= 0.6 is 35.0 Å². The van der Waals surface area contributed by atoms with Gasteiger partial charge in [-0.05, 0) is 18.2 Å². The molecule has 1 amide bonds. The molecule has 2 aromatic rings. The molecule has 136 valence electrons. The zero-order valence-electron chi connectivity index (χ0n) is 14.0. The monoisotopic (exact) mass is 416 g/mol. The van der Waals surface area contributed by atoms with Crippen LogP contribution in [0.25, 0.3) is 5.70 Å². The third-order valence-electron chi connectivity index (χ3n) is 4.11. The second-order valence-electron chi connectivity index (χ2n) is 5.81. The highest BCUT2D eigenvalue weighted by atomic mass is 35.5. The Morgan fingerprint density at radius 2 is 1.93 bits per heavy atom. The van der Waals surface area contributed by atoms with Crippen molar-refractivity contribution >= 4 is 51.7 Å². The van der Waals surface area contributed by atoms with Crippen LogP contribution in [0.4, 0.5) is 0 Å². The lowest BCUT2D eigenvalue weighted by molar-refractivity contribution is -0.116. The van der Waals surface area contributed by atoms with Crippen LogP contribution in [0.3, 0.4) is 0 Å². The molecule has 0 aliphatic carbocycles. The number of nitrogens with zero attached hydrogens (tertiary/aromatic N) is 3. The summed E-state index contributed by atoms with van der Waals surface area (Å²) in [5, 5.41) is 11.9. The average Bonchev–Trinajstić information content (AvgIpc) is 2.66. The highest BCUT2D eigenvalue weighted by Crippen LogP contribution is 2.38. The number of hydrogen-bond donors (Lipinski definition) is 1. The Bertz CT molecular complexity index is 1080. The van der Waals surface area contributed by atoms with E-state index >= 15 is 0 Å². The van der Waals surface area contributed by atoms with Crippen molar-refractivity contribution in [1.29, 1.82) is 0 Å². The van der Waals surface area contributed by atoms with Gasteiger partial charge < -0.3 is 0 Å². The smallest absolute Gasteiger partial charge is 0.276 e. The SMILES string of the molecule is C=CCSC1=NN2C(=c3ccccc3=N[C@@H]2c2c(Cl)cccc2Cl)C(=O)N1. The molecule has 27 heavy (non-hydrogen) atoms. The number of carbonyl (C=O) groups excluding carboxylic acids is 1. The molecule has 2 aromatic carbocycles. The molecule has 0 radical (unpaired) electrons. The van der Waals surface area contributed by atoms with Gasteiger partial charge in [-0.15, -0.1) is 11.7 Å². The summed E-state index contributed by atoms with van der Waals surface area (Å²) in [4.78, 5) is 17.7. The van der Waals surface area contributed by atoms with Crippen molar-refractivity contribution in [3.63, 3.8) is 0 Å². The number of thioether (sulfide) groups is 1. The Kier molecular flexibility index (Phi) is 4.95. The molecular weight excluding hydrogens is 403 g/mol. The minimum Gasteiger partial charge on any atom is -0.298 e. The van der Waals surface area contributed by atoms with Crippen LogP contribution in [0.5, 0.6) is 0 Å². The molecule has 2 aliphatic heterocycles. The van der Waals surface area contributed by atoms with E-state index in [2.05, 4.69) is 17.0 Å². The number of halogens is 2. The van der Waals surface area contributed by atoms with E-state index in [0.717, 1.165) is 0 Å². The van der Waals surface area contributed by atoms with Crippen molar-refractivity contribution in [3.8, 4) is 0 Å². The molecule has 1 N–H and O–H groups in total. The zero-order chi connectivity index (χ0) is 19.0. The van der Waals surface area contributed by atoms with Crippen LogP contribution < -0.4 is 15.9 Å². The summed E-state index contributed by atoms with van der Waals surface area (Å²) in [6.07, 6.45) is 1.11. The minimum atomic E-state index is -0.638. The van der Waals surface area contributed by atoms with Gasteiger partial charge in [0.2, 0.25) is 0 Å². The van der Waals surface area contributed by atoms with E-state index in [0.29, 0.717) is 42.8 Å². The number of carbonyl (C=O) groups is 1. The van der Waals surface area contributed by atoms with E-state index in [1.807, 2.05) is 24.3 Å². The number of para-hydroxylation sites is 1. The van der Waals surface area contributed by atoms with Crippen molar-refractivity contribution in [2.75, 3.05) is 5.75 Å². The number of amides is 1. The number of nitrogens with one attached hydrogen (secondary N) is 1. The van der Waals surface area contributed by atoms with Crippen molar-refractivity contribution in [2.45, 2.75) is 6.17 Å². The van der Waals surface area contributed by atoms with E-state index in [1.165, 1.54) is 11.8 Å². The molecule has 4 rings (SSSR count). The van der Waals surface area contributed by atoms with Crippen LogP contribution in [0, 0.1) is 0 Å². The maximum absolute atomic E-state index is 12.9. The molecule has 0 bridgehead atoms. The standard InChI is InChI=1S/C19H14Cl2N4OS/c1-2-10-27-19-23-18(26)16-11-6-3-4-9-14(11)22-17(25(16)24-19)15-12(20)7-5-8-13(15)21/h2-9,17H,1,10H2,(H,23,24,26)/t17-/m0/s1. The Morgan fingerprint density at radius 3 is 2.67 bits per heavy atom. The largest absolute Gasteiger partial charge is 0.298 e. The van der Waals surface area contributed by atoms with Crippen molar-refractivity contribution < 1.29 is 4.79 Å². The first-order valence-corrected chi connectivity index (χ1v) is 9.88. The summed E-state index contributed by atoms with van der Waals surface area (Å²) < 4.78 is 0. The fraction of sp³-hybridized carbons (Fsp3) is 0.105. The predicted octanol–water partition coefficient (Wildman–Crippen LogP) is 3.06. The second kappa shape index (κ2) is 7.38. The molecule has 2 aliphatic rings. The predicted molar refractivity (Wildman–Crippen MR) is 110 cm³/mol. The van der Waals surface area contributed by atoms with Crippen LogP contribution in [0.15, 0.2) is 65.2 Å². The van der Waals surface area contributed by atoms with Gasteiger partial charge in [-0.1, -0.05) is 65.3 Å². The maximum atomic E-state index is 12.9. The van der Waals surface area contributed by atoms with Gasteiger partial charge in [0.05, 0.1) is 5.36 Å². The molecule has 0 saturated heterocycles. The van der Waals surface area contributed by atoms with Gasteiger partial charge >= 0.3 is 0 Å². The number of hydrogen-bond acceptors (Lipinski definition) is 5. The number of benzene rings is 2. The summed E-state index contributed by atoms with van der Waals surface area (Å²) >= 11 is 14.2. The molecule has 5 nitrogen and oxygen atoms in total. The summed E-state index contributed by atoms with van der Waals surface area (Å²) in [7, 11) is 0. The number of amidine groups is 1.